The molecule has 1 aliphatic rings. The summed E-state index contributed by atoms with van der Waals surface area (Å²) < 4.78 is 13.4. The number of nitrogens with zero attached hydrogens (tertiary/aromatic N) is 3. The van der Waals surface area contributed by atoms with Gasteiger partial charge in [0.15, 0.2) is 0 Å². The quantitative estimate of drug-likeness (QED) is 0.260. The SMILES string of the molecule is O=C1CC(N(Cc2ccccc2Cl)C(=O)c2ccc(Cl)c([N+](=O)[O-])c2)C(=O)N1c1ccc(F)cc1. The Hall–Kier alpha value is -3.82. The summed E-state index contributed by atoms with van der Waals surface area (Å²) in [6, 6.07) is 13.8. The van der Waals surface area contributed by atoms with Crippen LogP contribution in [0.15, 0.2) is 66.7 Å². The third-order valence-corrected chi connectivity index (χ3v) is 6.22. The summed E-state index contributed by atoms with van der Waals surface area (Å²) in [6.07, 6.45) is -0.331. The number of rotatable bonds is 6. The van der Waals surface area contributed by atoms with E-state index in [2.05, 4.69) is 0 Å². The Morgan fingerprint density at radius 3 is 2.40 bits per heavy atom. The summed E-state index contributed by atoms with van der Waals surface area (Å²) in [4.78, 5) is 52.3. The normalized spacial score (nSPS) is 15.4. The number of hydrogen-bond acceptors (Lipinski definition) is 5. The number of amides is 3. The van der Waals surface area contributed by atoms with Crippen molar-refractivity contribution in [2.75, 3.05) is 4.90 Å². The van der Waals surface area contributed by atoms with Crippen LogP contribution in [-0.2, 0) is 16.1 Å². The number of imide groups is 1. The maximum atomic E-state index is 13.6. The standard InChI is InChI=1S/C24H16Cl2FN3O5/c25-18-4-2-1-3-15(18)13-28(23(32)14-5-10-19(26)20(11-14)30(34)35)21-12-22(31)29(24(21)33)17-8-6-16(27)7-9-17/h1-11,21H,12-13H2. The molecule has 0 saturated carbocycles. The van der Waals surface area contributed by atoms with Crippen LogP contribution in [0.3, 0.4) is 0 Å². The van der Waals surface area contributed by atoms with Crippen molar-refractivity contribution in [3.63, 3.8) is 0 Å². The Balaban J connectivity index is 1.74. The van der Waals surface area contributed by atoms with Crippen LogP contribution >= 0.6 is 23.2 Å². The molecule has 0 radical (unpaired) electrons. The Kier molecular flexibility index (Phi) is 6.81. The highest BCUT2D eigenvalue weighted by molar-refractivity contribution is 6.33. The highest BCUT2D eigenvalue weighted by Gasteiger charge is 2.44. The molecule has 1 aliphatic heterocycles. The van der Waals surface area contributed by atoms with E-state index in [1.807, 2.05) is 0 Å². The Morgan fingerprint density at radius 1 is 1.06 bits per heavy atom. The maximum absolute atomic E-state index is 13.6. The van der Waals surface area contributed by atoms with E-state index in [-0.39, 0.29) is 29.2 Å². The van der Waals surface area contributed by atoms with Gasteiger partial charge in [0.1, 0.15) is 16.9 Å². The van der Waals surface area contributed by atoms with E-state index in [9.17, 15) is 28.9 Å². The molecule has 1 saturated heterocycles. The molecule has 0 N–H and O–H groups in total. The molecule has 0 aromatic heterocycles. The van der Waals surface area contributed by atoms with Crippen molar-refractivity contribution in [1.29, 1.82) is 0 Å². The van der Waals surface area contributed by atoms with E-state index in [4.69, 9.17) is 23.2 Å². The topological polar surface area (TPSA) is 101 Å². The lowest BCUT2D eigenvalue weighted by Gasteiger charge is -2.28. The van der Waals surface area contributed by atoms with Crippen molar-refractivity contribution in [2.24, 2.45) is 0 Å². The van der Waals surface area contributed by atoms with Crippen LogP contribution in [0.25, 0.3) is 0 Å². The summed E-state index contributed by atoms with van der Waals surface area (Å²) >= 11 is 12.2. The van der Waals surface area contributed by atoms with E-state index >= 15 is 0 Å². The predicted molar refractivity (Wildman–Crippen MR) is 127 cm³/mol. The molecular formula is C24H16Cl2FN3O5. The highest BCUT2D eigenvalue weighted by Crippen LogP contribution is 2.31. The second kappa shape index (κ2) is 9.81. The molecule has 0 bridgehead atoms. The smallest absolute Gasteiger partial charge is 0.288 e. The number of halogens is 3. The molecule has 178 valence electrons. The van der Waals surface area contributed by atoms with Crippen LogP contribution in [0.5, 0.6) is 0 Å². The molecule has 3 aromatic carbocycles. The largest absolute Gasteiger partial charge is 0.322 e. The number of nitro benzene ring substituents is 1. The molecule has 35 heavy (non-hydrogen) atoms. The third-order valence-electron chi connectivity index (χ3n) is 5.53. The lowest BCUT2D eigenvalue weighted by molar-refractivity contribution is -0.384. The molecule has 11 heteroatoms. The average Bonchev–Trinajstić information content (AvgIpc) is 3.12. The average molecular weight is 516 g/mol. The van der Waals surface area contributed by atoms with Crippen molar-refractivity contribution >= 4 is 52.3 Å². The van der Waals surface area contributed by atoms with Crippen LogP contribution in [0.1, 0.15) is 22.3 Å². The minimum Gasteiger partial charge on any atom is -0.322 e. The van der Waals surface area contributed by atoms with E-state index in [1.54, 1.807) is 24.3 Å². The van der Waals surface area contributed by atoms with Gasteiger partial charge in [-0.15, -0.1) is 0 Å². The zero-order valence-electron chi connectivity index (χ0n) is 17.9. The molecule has 1 heterocycles. The summed E-state index contributed by atoms with van der Waals surface area (Å²) in [6.45, 7) is -0.143. The van der Waals surface area contributed by atoms with Crippen LogP contribution in [0.4, 0.5) is 15.8 Å². The van der Waals surface area contributed by atoms with Crippen LogP contribution in [0.2, 0.25) is 10.0 Å². The van der Waals surface area contributed by atoms with Gasteiger partial charge in [-0.1, -0.05) is 41.4 Å². The third kappa shape index (κ3) is 4.87. The summed E-state index contributed by atoms with van der Waals surface area (Å²) in [5.41, 5.74) is 0.105. The number of nitro groups is 1. The first-order valence-corrected chi connectivity index (χ1v) is 11.0. The molecule has 3 amide bonds. The first-order valence-electron chi connectivity index (χ1n) is 10.3. The summed E-state index contributed by atoms with van der Waals surface area (Å²) in [7, 11) is 0. The van der Waals surface area contributed by atoms with Gasteiger partial charge in [0.2, 0.25) is 5.91 Å². The fourth-order valence-corrected chi connectivity index (χ4v) is 4.19. The molecule has 0 spiro atoms. The number of carbonyl (C=O) groups is 3. The molecule has 1 atom stereocenters. The van der Waals surface area contributed by atoms with Gasteiger partial charge in [-0.3, -0.25) is 24.5 Å². The van der Waals surface area contributed by atoms with Gasteiger partial charge in [0.25, 0.3) is 17.5 Å². The van der Waals surface area contributed by atoms with Gasteiger partial charge in [0.05, 0.1) is 17.0 Å². The molecule has 1 fully saturated rings. The Bertz CT molecular complexity index is 1350. The number of anilines is 1. The van der Waals surface area contributed by atoms with E-state index in [0.717, 1.165) is 28.0 Å². The zero-order chi connectivity index (χ0) is 25.3. The lowest BCUT2D eigenvalue weighted by Crippen LogP contribution is -2.45. The van der Waals surface area contributed by atoms with Gasteiger partial charge < -0.3 is 4.90 Å². The first kappa shape index (κ1) is 24.3. The predicted octanol–water partition coefficient (Wildman–Crippen LogP) is 5.02. The monoisotopic (exact) mass is 515 g/mol. The molecule has 0 aliphatic carbocycles. The van der Waals surface area contributed by atoms with Crippen molar-refractivity contribution in [3.05, 3.63) is 104 Å². The molecule has 8 nitrogen and oxygen atoms in total. The van der Waals surface area contributed by atoms with Crippen LogP contribution in [0, 0.1) is 15.9 Å². The van der Waals surface area contributed by atoms with E-state index in [0.29, 0.717) is 10.6 Å². The molecular weight excluding hydrogens is 500 g/mol. The van der Waals surface area contributed by atoms with E-state index in [1.165, 1.54) is 24.3 Å². The minimum atomic E-state index is -1.22. The van der Waals surface area contributed by atoms with Gasteiger partial charge in [-0.25, -0.2) is 9.29 Å². The Labute approximate surface area is 208 Å². The van der Waals surface area contributed by atoms with Crippen LogP contribution < -0.4 is 4.90 Å². The van der Waals surface area contributed by atoms with Gasteiger partial charge in [-0.2, -0.15) is 0 Å². The van der Waals surface area contributed by atoms with Crippen molar-refractivity contribution in [3.8, 4) is 0 Å². The van der Waals surface area contributed by atoms with Gasteiger partial charge >= 0.3 is 0 Å². The van der Waals surface area contributed by atoms with Crippen molar-refractivity contribution in [1.82, 2.24) is 4.90 Å². The summed E-state index contributed by atoms with van der Waals surface area (Å²) in [5.74, 6) is -2.53. The van der Waals surface area contributed by atoms with Crippen molar-refractivity contribution < 1.29 is 23.7 Å². The van der Waals surface area contributed by atoms with Crippen molar-refractivity contribution in [2.45, 2.75) is 19.0 Å². The Morgan fingerprint density at radius 2 is 1.74 bits per heavy atom. The van der Waals surface area contributed by atoms with Gasteiger partial charge in [-0.05, 0) is 48.0 Å². The maximum Gasteiger partial charge on any atom is 0.288 e. The fourth-order valence-electron chi connectivity index (χ4n) is 3.81. The molecule has 3 aromatic rings. The van der Waals surface area contributed by atoms with Crippen LogP contribution in [-0.4, -0.2) is 33.6 Å². The second-order valence-electron chi connectivity index (χ2n) is 7.71. The number of carbonyl (C=O) groups excluding carboxylic acids is 3. The summed E-state index contributed by atoms with van der Waals surface area (Å²) in [5, 5.41) is 11.5. The molecule has 4 rings (SSSR count). The second-order valence-corrected chi connectivity index (χ2v) is 8.53. The highest BCUT2D eigenvalue weighted by atomic mass is 35.5. The fraction of sp³-hybridized carbons (Fsp3) is 0.125. The lowest BCUT2D eigenvalue weighted by atomic mass is 10.1. The molecule has 1 unspecified atom stereocenters. The zero-order valence-corrected chi connectivity index (χ0v) is 19.4. The number of hydrogen-bond donors (Lipinski definition) is 0. The first-order chi connectivity index (χ1) is 16.7. The minimum absolute atomic E-state index is 0.0892. The number of benzene rings is 3. The van der Waals surface area contributed by atoms with Gasteiger partial charge in [0, 0.05) is 23.2 Å². The van der Waals surface area contributed by atoms with E-state index < -0.39 is 40.2 Å².